The predicted octanol–water partition coefficient (Wildman–Crippen LogP) is 2.81. The van der Waals surface area contributed by atoms with E-state index in [1.54, 1.807) is 0 Å². The molecule has 0 bridgehead atoms. The molecule has 152 valence electrons. The topological polar surface area (TPSA) is 91.8 Å². The lowest BCUT2D eigenvalue weighted by Crippen LogP contribution is -2.28. The highest BCUT2D eigenvalue weighted by Crippen LogP contribution is 2.21. The van der Waals surface area contributed by atoms with Crippen LogP contribution >= 0.6 is 0 Å². The van der Waals surface area contributed by atoms with E-state index >= 15 is 0 Å². The average Bonchev–Trinajstić information content (AvgIpc) is 3.34. The summed E-state index contributed by atoms with van der Waals surface area (Å²) in [7, 11) is 0. The van der Waals surface area contributed by atoms with Gasteiger partial charge in [-0.1, -0.05) is 25.1 Å². The van der Waals surface area contributed by atoms with Crippen LogP contribution in [0.15, 0.2) is 30.5 Å². The Bertz CT molecular complexity index is 1030. The van der Waals surface area contributed by atoms with Gasteiger partial charge < -0.3 is 20.2 Å². The minimum Gasteiger partial charge on any atom is -0.361 e. The first-order valence-electron chi connectivity index (χ1n) is 10.4. The maximum atomic E-state index is 12.8. The summed E-state index contributed by atoms with van der Waals surface area (Å²) < 4.78 is 1.92. The summed E-state index contributed by atoms with van der Waals surface area (Å²) in [4.78, 5) is 33.0. The number of imidazole rings is 1. The van der Waals surface area contributed by atoms with E-state index in [1.807, 2.05) is 35.9 Å². The van der Waals surface area contributed by atoms with Gasteiger partial charge >= 0.3 is 0 Å². The lowest BCUT2D eigenvalue weighted by molar-refractivity contribution is 0.0937. The van der Waals surface area contributed by atoms with Gasteiger partial charge in [-0.15, -0.1) is 0 Å². The maximum absolute atomic E-state index is 12.8. The second kappa shape index (κ2) is 8.51. The van der Waals surface area contributed by atoms with Gasteiger partial charge in [-0.05, 0) is 43.7 Å². The number of H-pyrrole nitrogens is 1. The Kier molecular flexibility index (Phi) is 5.64. The largest absolute Gasteiger partial charge is 0.361 e. The lowest BCUT2D eigenvalue weighted by Gasteiger charge is -2.17. The van der Waals surface area contributed by atoms with Crippen molar-refractivity contribution in [1.82, 2.24) is 25.2 Å². The van der Waals surface area contributed by atoms with Crippen molar-refractivity contribution < 1.29 is 9.59 Å². The summed E-state index contributed by atoms with van der Waals surface area (Å²) in [5, 5.41) is 7.04. The van der Waals surface area contributed by atoms with Crippen LogP contribution < -0.4 is 10.6 Å². The highest BCUT2D eigenvalue weighted by Gasteiger charge is 2.27. The van der Waals surface area contributed by atoms with E-state index in [0.717, 1.165) is 49.9 Å². The molecule has 29 heavy (non-hydrogen) atoms. The molecule has 4 rings (SSSR count). The van der Waals surface area contributed by atoms with Crippen LogP contribution in [0.4, 0.5) is 0 Å². The van der Waals surface area contributed by atoms with Crippen molar-refractivity contribution >= 4 is 22.7 Å². The third-order valence-electron chi connectivity index (χ3n) is 5.43. The van der Waals surface area contributed by atoms with Crippen molar-refractivity contribution in [2.24, 2.45) is 0 Å². The van der Waals surface area contributed by atoms with Crippen LogP contribution in [0, 0.1) is 0 Å². The second-order valence-electron chi connectivity index (χ2n) is 7.46. The molecule has 2 aromatic heterocycles. The first-order chi connectivity index (χ1) is 14.2. The number of carbonyl (C=O) groups excluding carboxylic acids is 2. The van der Waals surface area contributed by atoms with Crippen LogP contribution in [0.2, 0.25) is 0 Å². The van der Waals surface area contributed by atoms with Crippen LogP contribution in [0.1, 0.15) is 58.6 Å². The summed E-state index contributed by atoms with van der Waals surface area (Å²) in [6.07, 6.45) is 6.37. The van der Waals surface area contributed by atoms with Gasteiger partial charge in [0.05, 0.1) is 5.69 Å². The molecule has 7 nitrogen and oxygen atoms in total. The fraction of sp³-hybridized carbons (Fsp3) is 0.409. The molecule has 0 saturated heterocycles. The summed E-state index contributed by atoms with van der Waals surface area (Å²) in [5.41, 5.74) is 3.54. The van der Waals surface area contributed by atoms with Gasteiger partial charge in [0.15, 0.2) is 5.82 Å². The molecule has 3 heterocycles. The molecule has 3 aromatic rings. The highest BCUT2D eigenvalue weighted by atomic mass is 16.2. The number of carbonyl (C=O) groups is 2. The molecule has 1 aromatic carbocycles. The molecule has 7 heteroatoms. The molecule has 0 spiro atoms. The van der Waals surface area contributed by atoms with Gasteiger partial charge in [-0.2, -0.15) is 0 Å². The number of rotatable bonds is 7. The average molecular weight is 393 g/mol. The number of fused-ring (bicyclic) bond motifs is 2. The van der Waals surface area contributed by atoms with Crippen molar-refractivity contribution in [3.63, 3.8) is 0 Å². The SMILES string of the molecule is CCCNC(=O)c1nc(C(=O)NCCc2c[nH]c3ccccc23)c2n1CCCC2. The van der Waals surface area contributed by atoms with Crippen molar-refractivity contribution in [3.05, 3.63) is 53.2 Å². The van der Waals surface area contributed by atoms with Crippen LogP contribution in [0.5, 0.6) is 0 Å². The molecule has 3 N–H and O–H groups in total. The van der Waals surface area contributed by atoms with E-state index in [1.165, 1.54) is 10.9 Å². The third-order valence-corrected chi connectivity index (χ3v) is 5.43. The Morgan fingerprint density at radius 3 is 2.83 bits per heavy atom. The van der Waals surface area contributed by atoms with Gasteiger partial charge in [0.2, 0.25) is 0 Å². The van der Waals surface area contributed by atoms with Crippen molar-refractivity contribution in [2.45, 2.75) is 45.6 Å². The van der Waals surface area contributed by atoms with Crippen molar-refractivity contribution in [3.8, 4) is 0 Å². The van der Waals surface area contributed by atoms with Crippen LogP contribution in [-0.2, 0) is 19.4 Å². The number of aromatic nitrogens is 3. The number of amides is 2. The molecule has 0 unspecified atom stereocenters. The Morgan fingerprint density at radius 2 is 1.97 bits per heavy atom. The molecule has 0 atom stereocenters. The van der Waals surface area contributed by atoms with E-state index in [4.69, 9.17) is 0 Å². The first-order valence-corrected chi connectivity index (χ1v) is 10.4. The van der Waals surface area contributed by atoms with Gasteiger partial charge in [0, 0.05) is 36.7 Å². The summed E-state index contributed by atoms with van der Waals surface area (Å²) in [5.74, 6) is -0.0483. The molecule has 0 fully saturated rings. The maximum Gasteiger partial charge on any atom is 0.287 e. The van der Waals surface area contributed by atoms with Gasteiger partial charge in [-0.25, -0.2) is 4.98 Å². The molecule has 2 amide bonds. The Hall–Kier alpha value is -3.09. The number of hydrogen-bond donors (Lipinski definition) is 3. The molecule has 0 saturated carbocycles. The number of nitrogens with zero attached hydrogens (tertiary/aromatic N) is 2. The summed E-state index contributed by atoms with van der Waals surface area (Å²) >= 11 is 0. The first kappa shape index (κ1) is 19.2. The van der Waals surface area contributed by atoms with Crippen molar-refractivity contribution in [2.75, 3.05) is 13.1 Å². The van der Waals surface area contributed by atoms with Crippen LogP contribution in [-0.4, -0.2) is 39.4 Å². The standard InChI is InChI=1S/C22H27N5O2/c1-2-11-23-22(29)20-26-19(18-9-5-6-13-27(18)20)21(28)24-12-10-15-14-25-17-8-4-3-7-16(15)17/h3-4,7-8,14,25H,2,5-6,9-13H2,1H3,(H,23,29)(H,24,28). The van der Waals surface area contributed by atoms with Crippen LogP contribution in [0.3, 0.4) is 0 Å². The minimum absolute atomic E-state index is 0.201. The zero-order valence-corrected chi connectivity index (χ0v) is 16.8. The molecule has 0 aliphatic carbocycles. The molecular formula is C22H27N5O2. The summed E-state index contributed by atoms with van der Waals surface area (Å²) in [6, 6.07) is 8.14. The molecular weight excluding hydrogens is 366 g/mol. The number of para-hydroxylation sites is 1. The monoisotopic (exact) mass is 393 g/mol. The van der Waals surface area contributed by atoms with E-state index in [0.29, 0.717) is 24.6 Å². The Morgan fingerprint density at radius 1 is 1.14 bits per heavy atom. The highest BCUT2D eigenvalue weighted by molar-refractivity contribution is 5.97. The fourth-order valence-electron chi connectivity index (χ4n) is 3.95. The van der Waals surface area contributed by atoms with Gasteiger partial charge in [0.25, 0.3) is 11.8 Å². The third kappa shape index (κ3) is 3.90. The molecule has 0 radical (unpaired) electrons. The summed E-state index contributed by atoms with van der Waals surface area (Å²) in [6.45, 7) is 3.87. The minimum atomic E-state index is -0.204. The van der Waals surface area contributed by atoms with E-state index < -0.39 is 0 Å². The van der Waals surface area contributed by atoms with Gasteiger partial charge in [-0.3, -0.25) is 9.59 Å². The zero-order chi connectivity index (χ0) is 20.2. The van der Waals surface area contributed by atoms with Crippen LogP contribution in [0.25, 0.3) is 10.9 Å². The number of nitrogens with one attached hydrogen (secondary N) is 3. The smallest absolute Gasteiger partial charge is 0.287 e. The van der Waals surface area contributed by atoms with Gasteiger partial charge in [0.1, 0.15) is 5.69 Å². The fourth-order valence-corrected chi connectivity index (χ4v) is 3.95. The predicted molar refractivity (Wildman–Crippen MR) is 112 cm³/mol. The normalized spacial score (nSPS) is 13.3. The van der Waals surface area contributed by atoms with E-state index in [-0.39, 0.29) is 11.8 Å². The number of hydrogen-bond acceptors (Lipinski definition) is 3. The lowest BCUT2D eigenvalue weighted by atomic mass is 10.1. The van der Waals surface area contributed by atoms with E-state index in [9.17, 15) is 9.59 Å². The Labute approximate surface area is 169 Å². The zero-order valence-electron chi connectivity index (χ0n) is 16.8. The second-order valence-corrected chi connectivity index (χ2v) is 7.46. The van der Waals surface area contributed by atoms with E-state index in [2.05, 4.69) is 26.7 Å². The number of benzene rings is 1. The molecule has 1 aliphatic rings. The molecule has 1 aliphatic heterocycles. The quantitative estimate of drug-likeness (QED) is 0.576. The number of aromatic amines is 1. The van der Waals surface area contributed by atoms with Crippen molar-refractivity contribution in [1.29, 1.82) is 0 Å². The Balaban J connectivity index is 1.46.